The van der Waals surface area contributed by atoms with Crippen LogP contribution in [0.15, 0.2) is 67.0 Å². The number of aldehydes is 1. The molecule has 1 saturated heterocycles. The first-order valence-electron chi connectivity index (χ1n) is 14.4. The Morgan fingerprint density at radius 2 is 1.62 bits per heavy atom. The first-order chi connectivity index (χ1) is 20.3. The van der Waals surface area contributed by atoms with E-state index in [9.17, 15) is 9.59 Å². The summed E-state index contributed by atoms with van der Waals surface area (Å²) in [6.07, 6.45) is 7.74. The highest BCUT2D eigenvalue weighted by Crippen LogP contribution is 2.41. The largest absolute Gasteiger partial charge is 0.388 e. The number of hydrogen-bond donors (Lipinski definition) is 2. The summed E-state index contributed by atoms with van der Waals surface area (Å²) < 4.78 is 2.06. The molecule has 222 valence electrons. The van der Waals surface area contributed by atoms with Gasteiger partial charge in [0.1, 0.15) is 24.1 Å². The van der Waals surface area contributed by atoms with Crippen molar-refractivity contribution < 1.29 is 9.59 Å². The van der Waals surface area contributed by atoms with Crippen LogP contribution in [0.2, 0.25) is 0 Å². The Hall–Kier alpha value is -4.50. The summed E-state index contributed by atoms with van der Waals surface area (Å²) >= 11 is 0. The van der Waals surface area contributed by atoms with Gasteiger partial charge in [-0.2, -0.15) is 0 Å². The number of benzene rings is 2. The van der Waals surface area contributed by atoms with E-state index < -0.39 is 0 Å². The number of aryl methyl sites for hydroxylation is 1. The van der Waals surface area contributed by atoms with Gasteiger partial charge in [-0.3, -0.25) is 9.59 Å². The maximum absolute atomic E-state index is 12.8. The van der Waals surface area contributed by atoms with Crippen molar-refractivity contribution in [2.24, 2.45) is 7.05 Å². The molecule has 0 aliphatic carbocycles. The quantitative estimate of drug-likeness (QED) is 0.224. The molecule has 0 atom stereocenters. The van der Waals surface area contributed by atoms with Crippen LogP contribution in [-0.2, 0) is 11.8 Å². The third-order valence-electron chi connectivity index (χ3n) is 6.94. The third-order valence-corrected chi connectivity index (χ3v) is 6.94. The summed E-state index contributed by atoms with van der Waals surface area (Å²) in [5.41, 5.74) is 12.9. The molecule has 0 unspecified atom stereocenters. The number of carbonyl (C=O) groups excluding carboxylic acids is 2. The standard InChI is InChI=1S/C25H26N6O.C6H11NO.C2H6/c1-27-19-11-9-17(10-12-19)22-20(21-23(26)28-15-29-24(21)30(22)2)16-5-7-18(8-6-16)25(32)31-13-3-4-14-31;1-7(2)5-3-4-6-8;1-2/h5-12,15,27H,3-4,13-14H2,1-2H3,(H2,26,28,29);3-4,6H,5H2,1-2H3;1-2H3/b;4-3+;. The summed E-state index contributed by atoms with van der Waals surface area (Å²) in [6.45, 7) is 6.51. The molecule has 9 heteroatoms. The van der Waals surface area contributed by atoms with Crippen LogP contribution >= 0.6 is 0 Å². The van der Waals surface area contributed by atoms with Crippen LogP contribution in [0, 0.1) is 0 Å². The van der Waals surface area contributed by atoms with Gasteiger partial charge in [0.05, 0.1) is 11.1 Å². The van der Waals surface area contributed by atoms with E-state index in [4.69, 9.17) is 5.73 Å². The smallest absolute Gasteiger partial charge is 0.253 e. The number of anilines is 2. The Labute approximate surface area is 249 Å². The fraction of sp³-hybridized carbons (Fsp3) is 0.333. The number of nitrogens with zero attached hydrogens (tertiary/aromatic N) is 5. The fourth-order valence-corrected chi connectivity index (χ4v) is 4.90. The number of fused-ring (bicyclic) bond motifs is 1. The summed E-state index contributed by atoms with van der Waals surface area (Å²) in [5, 5.41) is 3.98. The predicted octanol–water partition coefficient (Wildman–Crippen LogP) is 5.49. The molecule has 9 nitrogen and oxygen atoms in total. The van der Waals surface area contributed by atoms with Gasteiger partial charge >= 0.3 is 0 Å². The normalized spacial score (nSPS) is 12.6. The van der Waals surface area contributed by atoms with Crippen LogP contribution in [0.3, 0.4) is 0 Å². The molecule has 4 aromatic rings. The van der Waals surface area contributed by atoms with Crippen molar-refractivity contribution in [1.82, 2.24) is 24.3 Å². The number of rotatable bonds is 7. The number of allylic oxidation sites excluding steroid dienone is 1. The van der Waals surface area contributed by atoms with Crippen LogP contribution in [0.4, 0.5) is 11.5 Å². The van der Waals surface area contributed by atoms with E-state index >= 15 is 0 Å². The molecule has 1 fully saturated rings. The molecule has 0 bridgehead atoms. The number of amides is 1. The fourth-order valence-electron chi connectivity index (χ4n) is 4.90. The van der Waals surface area contributed by atoms with Gasteiger partial charge < -0.3 is 25.4 Å². The minimum atomic E-state index is 0.0951. The maximum Gasteiger partial charge on any atom is 0.253 e. The van der Waals surface area contributed by atoms with E-state index in [1.165, 1.54) is 12.4 Å². The lowest BCUT2D eigenvalue weighted by molar-refractivity contribution is -0.104. The summed E-state index contributed by atoms with van der Waals surface area (Å²) in [7, 11) is 7.80. The van der Waals surface area contributed by atoms with Crippen molar-refractivity contribution in [1.29, 1.82) is 0 Å². The minimum Gasteiger partial charge on any atom is -0.388 e. The lowest BCUT2D eigenvalue weighted by atomic mass is 9.97. The van der Waals surface area contributed by atoms with E-state index in [1.807, 2.05) is 94.3 Å². The van der Waals surface area contributed by atoms with E-state index in [-0.39, 0.29) is 5.91 Å². The maximum atomic E-state index is 12.8. The molecule has 2 aromatic carbocycles. The van der Waals surface area contributed by atoms with Crippen LogP contribution < -0.4 is 11.1 Å². The number of aromatic nitrogens is 3. The molecule has 0 spiro atoms. The number of likely N-dealkylation sites (tertiary alicyclic amines) is 1. The molecule has 42 heavy (non-hydrogen) atoms. The van der Waals surface area contributed by atoms with Crippen molar-refractivity contribution in [3.05, 3.63) is 72.6 Å². The van der Waals surface area contributed by atoms with E-state index in [0.29, 0.717) is 11.4 Å². The molecule has 1 aliphatic heterocycles. The Morgan fingerprint density at radius 3 is 2.19 bits per heavy atom. The average Bonchev–Trinajstić information content (AvgIpc) is 3.66. The molecule has 2 aromatic heterocycles. The zero-order chi connectivity index (χ0) is 30.6. The Morgan fingerprint density at radius 1 is 1.00 bits per heavy atom. The predicted molar refractivity (Wildman–Crippen MR) is 174 cm³/mol. The van der Waals surface area contributed by atoms with Crippen molar-refractivity contribution in [3.8, 4) is 22.4 Å². The van der Waals surface area contributed by atoms with E-state index in [1.54, 1.807) is 0 Å². The Kier molecular flexibility index (Phi) is 11.8. The van der Waals surface area contributed by atoms with E-state index in [2.05, 4.69) is 32.0 Å². The second kappa shape index (κ2) is 15.5. The Balaban J connectivity index is 0.000000421. The second-order valence-corrected chi connectivity index (χ2v) is 9.97. The summed E-state index contributed by atoms with van der Waals surface area (Å²) in [4.78, 5) is 35.1. The number of likely N-dealkylation sites (N-methyl/N-ethyl adjacent to an activating group) is 1. The summed E-state index contributed by atoms with van der Waals surface area (Å²) in [6, 6.07) is 16.1. The van der Waals surface area contributed by atoms with Crippen LogP contribution in [0.25, 0.3) is 33.4 Å². The third kappa shape index (κ3) is 7.41. The van der Waals surface area contributed by atoms with Crippen molar-refractivity contribution >= 4 is 34.7 Å². The number of nitrogens with one attached hydrogen (secondary N) is 1. The van der Waals surface area contributed by atoms with Crippen molar-refractivity contribution in [2.45, 2.75) is 26.7 Å². The highest BCUT2D eigenvalue weighted by molar-refractivity contribution is 6.08. The molecule has 1 aliphatic rings. The van der Waals surface area contributed by atoms with Crippen LogP contribution in [-0.4, -0.2) is 77.3 Å². The molecule has 3 N–H and O–H groups in total. The highest BCUT2D eigenvalue weighted by Gasteiger charge is 2.23. The van der Waals surface area contributed by atoms with Gasteiger partial charge in [-0.05, 0) is 68.4 Å². The van der Waals surface area contributed by atoms with Gasteiger partial charge in [0.25, 0.3) is 5.91 Å². The van der Waals surface area contributed by atoms with Crippen LogP contribution in [0.5, 0.6) is 0 Å². The second-order valence-electron chi connectivity index (χ2n) is 9.97. The molecule has 0 radical (unpaired) electrons. The number of nitrogens with two attached hydrogens (primary N) is 1. The lowest BCUT2D eigenvalue weighted by Gasteiger charge is -2.15. The monoisotopic (exact) mass is 569 g/mol. The minimum absolute atomic E-state index is 0.0951. The van der Waals surface area contributed by atoms with Gasteiger partial charge in [-0.1, -0.05) is 44.2 Å². The topological polar surface area (TPSA) is 109 Å². The summed E-state index contributed by atoms with van der Waals surface area (Å²) in [5.74, 6) is 0.536. The Bertz CT molecular complexity index is 1480. The SMILES string of the molecule is CC.CN(C)C/C=C/C=O.CNc1ccc(-c2c(-c3ccc(C(=O)N4CCCC4)cc3)c3c(N)ncnc3n2C)cc1. The van der Waals surface area contributed by atoms with Gasteiger partial charge in [0.2, 0.25) is 0 Å². The number of hydrogen-bond acceptors (Lipinski definition) is 7. The zero-order valence-corrected chi connectivity index (χ0v) is 25.6. The van der Waals surface area contributed by atoms with E-state index in [0.717, 1.165) is 77.9 Å². The molecule has 3 heterocycles. The van der Waals surface area contributed by atoms with Gasteiger partial charge in [-0.25, -0.2) is 9.97 Å². The molecule has 0 saturated carbocycles. The number of carbonyl (C=O) groups is 2. The van der Waals surface area contributed by atoms with Gasteiger partial charge in [0.15, 0.2) is 0 Å². The first-order valence-corrected chi connectivity index (χ1v) is 14.4. The van der Waals surface area contributed by atoms with Gasteiger partial charge in [0, 0.05) is 50.5 Å². The molecule has 5 rings (SSSR count). The average molecular weight is 570 g/mol. The molecule has 1 amide bonds. The van der Waals surface area contributed by atoms with Crippen molar-refractivity contribution in [2.75, 3.05) is 51.8 Å². The first kappa shape index (κ1) is 32.0. The highest BCUT2D eigenvalue weighted by atomic mass is 16.2. The van der Waals surface area contributed by atoms with Crippen LogP contribution in [0.1, 0.15) is 37.0 Å². The lowest BCUT2D eigenvalue weighted by Crippen LogP contribution is -2.27. The zero-order valence-electron chi connectivity index (χ0n) is 25.6. The molecular formula is C33H43N7O2. The molecular weight excluding hydrogens is 526 g/mol. The van der Waals surface area contributed by atoms with Gasteiger partial charge in [-0.15, -0.1) is 0 Å². The number of nitrogen functional groups attached to an aromatic ring is 1. The van der Waals surface area contributed by atoms with Crippen molar-refractivity contribution in [3.63, 3.8) is 0 Å².